The molecule has 0 spiro atoms. The second-order valence-corrected chi connectivity index (χ2v) is 5.04. The van der Waals surface area contributed by atoms with Gasteiger partial charge in [-0.2, -0.15) is 4.68 Å². The third-order valence-electron chi connectivity index (χ3n) is 3.27. The monoisotopic (exact) mass is 365 g/mol. The van der Waals surface area contributed by atoms with Crippen LogP contribution in [0.4, 0.5) is 13.2 Å². The number of ether oxygens (including phenoxy) is 2. The molecule has 0 unspecified atom stereocenters. The Balaban J connectivity index is 1.69. The van der Waals surface area contributed by atoms with Crippen LogP contribution in [0.1, 0.15) is 10.4 Å². The molecule has 1 aromatic heterocycles. The highest BCUT2D eigenvalue weighted by atomic mass is 19.4. The summed E-state index contributed by atoms with van der Waals surface area (Å²) < 4.78 is 45.8. The third kappa shape index (κ3) is 3.97. The number of fused-ring (bicyclic) bond motifs is 1. The molecular weight excluding hydrogens is 355 g/mol. The molecule has 26 heavy (non-hydrogen) atoms. The number of hydrogen-bond donors (Lipinski definition) is 0. The number of carbonyl (C=O) groups excluding carboxylic acids is 1. The van der Waals surface area contributed by atoms with Gasteiger partial charge >= 0.3 is 12.3 Å². The van der Waals surface area contributed by atoms with Crippen molar-refractivity contribution in [1.82, 2.24) is 15.0 Å². The topological polar surface area (TPSA) is 83.3 Å². The minimum Gasteiger partial charge on any atom is -0.439 e. The normalized spacial score (nSPS) is 11.3. The fraction of sp³-hybridized carbons (Fsp3) is 0.125. The molecule has 3 aromatic rings. The van der Waals surface area contributed by atoms with Crippen LogP contribution in [0, 0.1) is 0 Å². The number of hydrogen-bond acceptors (Lipinski definition) is 6. The Hall–Kier alpha value is -3.43. The van der Waals surface area contributed by atoms with Crippen LogP contribution in [0.25, 0.3) is 10.9 Å². The first kappa shape index (κ1) is 17.4. The first-order valence-electron chi connectivity index (χ1n) is 7.19. The molecule has 0 N–H and O–H groups in total. The van der Waals surface area contributed by atoms with E-state index >= 15 is 0 Å². The van der Waals surface area contributed by atoms with E-state index in [0.717, 1.165) is 28.9 Å². The number of carbonyl (C=O) groups is 1. The van der Waals surface area contributed by atoms with Crippen LogP contribution >= 0.6 is 0 Å². The molecule has 0 atom stereocenters. The average Bonchev–Trinajstić information content (AvgIpc) is 2.60. The van der Waals surface area contributed by atoms with E-state index in [1.165, 1.54) is 0 Å². The van der Waals surface area contributed by atoms with Crippen molar-refractivity contribution < 1.29 is 27.4 Å². The minimum atomic E-state index is -4.82. The fourth-order valence-electron chi connectivity index (χ4n) is 2.10. The Bertz CT molecular complexity index is 1000. The second-order valence-electron chi connectivity index (χ2n) is 5.04. The Morgan fingerprint density at radius 2 is 1.77 bits per heavy atom. The number of alkyl halides is 3. The quantitative estimate of drug-likeness (QED) is 0.661. The number of halogens is 3. The fourth-order valence-corrected chi connectivity index (χ4v) is 2.10. The zero-order valence-corrected chi connectivity index (χ0v) is 12.9. The molecule has 10 heteroatoms. The molecule has 134 valence electrons. The van der Waals surface area contributed by atoms with Gasteiger partial charge in [0.05, 0.1) is 10.9 Å². The summed E-state index contributed by atoms with van der Waals surface area (Å²) in [6, 6.07) is 10.7. The van der Waals surface area contributed by atoms with E-state index in [1.54, 1.807) is 24.3 Å². The van der Waals surface area contributed by atoms with Crippen LogP contribution in [-0.4, -0.2) is 27.3 Å². The molecule has 7 nitrogen and oxygen atoms in total. The van der Waals surface area contributed by atoms with Gasteiger partial charge in [0, 0.05) is 0 Å². The van der Waals surface area contributed by atoms with Gasteiger partial charge in [0.15, 0.2) is 6.73 Å². The molecule has 0 saturated carbocycles. The second kappa shape index (κ2) is 6.82. The lowest BCUT2D eigenvalue weighted by molar-refractivity contribution is -0.274. The van der Waals surface area contributed by atoms with Gasteiger partial charge in [0.1, 0.15) is 11.3 Å². The van der Waals surface area contributed by atoms with Crippen molar-refractivity contribution in [3.8, 4) is 5.75 Å². The maximum absolute atomic E-state index is 12.2. The summed E-state index contributed by atoms with van der Waals surface area (Å²) in [4.78, 5) is 24.1. The first-order chi connectivity index (χ1) is 12.3. The first-order valence-corrected chi connectivity index (χ1v) is 7.19. The molecule has 0 aliphatic rings. The highest BCUT2D eigenvalue weighted by Gasteiger charge is 2.31. The van der Waals surface area contributed by atoms with E-state index in [9.17, 15) is 22.8 Å². The predicted molar refractivity (Wildman–Crippen MR) is 82.3 cm³/mol. The van der Waals surface area contributed by atoms with Crippen LogP contribution in [-0.2, 0) is 11.5 Å². The van der Waals surface area contributed by atoms with E-state index in [1.807, 2.05) is 0 Å². The smallest absolute Gasteiger partial charge is 0.439 e. The van der Waals surface area contributed by atoms with Crippen molar-refractivity contribution in [2.24, 2.45) is 0 Å². The maximum Gasteiger partial charge on any atom is 0.573 e. The molecule has 0 saturated heterocycles. The van der Waals surface area contributed by atoms with Crippen molar-refractivity contribution >= 4 is 16.9 Å². The van der Waals surface area contributed by atoms with Crippen LogP contribution in [0.5, 0.6) is 5.75 Å². The molecule has 0 amide bonds. The number of esters is 1. The highest BCUT2D eigenvalue weighted by molar-refractivity contribution is 5.89. The Kier molecular flexibility index (Phi) is 4.57. The van der Waals surface area contributed by atoms with Crippen LogP contribution < -0.4 is 10.3 Å². The molecule has 0 aliphatic carbocycles. The van der Waals surface area contributed by atoms with Crippen molar-refractivity contribution in [2.45, 2.75) is 13.1 Å². The summed E-state index contributed by atoms with van der Waals surface area (Å²) in [6.45, 7) is -0.490. The van der Waals surface area contributed by atoms with E-state index in [-0.39, 0.29) is 5.56 Å². The molecule has 0 fully saturated rings. The average molecular weight is 365 g/mol. The number of aromatic nitrogens is 3. The summed E-state index contributed by atoms with van der Waals surface area (Å²) in [7, 11) is 0. The van der Waals surface area contributed by atoms with E-state index in [0.29, 0.717) is 10.9 Å². The van der Waals surface area contributed by atoms with E-state index < -0.39 is 30.4 Å². The van der Waals surface area contributed by atoms with Crippen LogP contribution in [0.15, 0.2) is 53.3 Å². The van der Waals surface area contributed by atoms with Gasteiger partial charge in [0.2, 0.25) is 0 Å². The molecule has 0 bridgehead atoms. The van der Waals surface area contributed by atoms with Crippen LogP contribution in [0.3, 0.4) is 0 Å². The molecular formula is C16H10F3N3O4. The van der Waals surface area contributed by atoms with Gasteiger partial charge in [-0.25, -0.2) is 4.79 Å². The van der Waals surface area contributed by atoms with Gasteiger partial charge in [-0.1, -0.05) is 17.3 Å². The zero-order valence-electron chi connectivity index (χ0n) is 12.9. The van der Waals surface area contributed by atoms with Gasteiger partial charge in [-0.15, -0.1) is 18.3 Å². The maximum atomic E-state index is 12.2. The highest BCUT2D eigenvalue weighted by Crippen LogP contribution is 2.22. The molecule has 3 rings (SSSR count). The summed E-state index contributed by atoms with van der Waals surface area (Å²) in [6.07, 6.45) is -4.82. The van der Waals surface area contributed by atoms with Gasteiger partial charge in [-0.05, 0) is 36.4 Å². The lowest BCUT2D eigenvalue weighted by Gasteiger charge is -2.09. The summed E-state index contributed by atoms with van der Waals surface area (Å²) in [5.74, 6) is -1.31. The summed E-state index contributed by atoms with van der Waals surface area (Å²) >= 11 is 0. The van der Waals surface area contributed by atoms with Crippen molar-refractivity contribution in [2.75, 3.05) is 0 Å². The van der Waals surface area contributed by atoms with Gasteiger partial charge < -0.3 is 9.47 Å². The summed E-state index contributed by atoms with van der Waals surface area (Å²) in [5.41, 5.74) is -0.0982. The molecule has 2 aromatic carbocycles. The lowest BCUT2D eigenvalue weighted by atomic mass is 10.2. The summed E-state index contributed by atoms with van der Waals surface area (Å²) in [5, 5.41) is 7.81. The molecule has 1 heterocycles. The molecule has 0 radical (unpaired) electrons. The number of benzene rings is 2. The standard InChI is InChI=1S/C16H10F3N3O4/c17-16(18,19)26-11-7-5-10(6-8-11)15(24)25-9-22-14(23)12-3-1-2-4-13(12)20-21-22/h1-8H,9H2. The SMILES string of the molecule is O=C(OCn1nnc2ccccc2c1=O)c1ccc(OC(F)(F)F)cc1. The van der Waals surface area contributed by atoms with Crippen LogP contribution in [0.2, 0.25) is 0 Å². The number of nitrogens with zero attached hydrogens (tertiary/aromatic N) is 3. The van der Waals surface area contributed by atoms with Gasteiger partial charge in [0.25, 0.3) is 5.56 Å². The number of rotatable bonds is 4. The largest absolute Gasteiger partial charge is 0.573 e. The van der Waals surface area contributed by atoms with E-state index in [4.69, 9.17) is 4.74 Å². The van der Waals surface area contributed by atoms with Gasteiger partial charge in [-0.3, -0.25) is 4.79 Å². The Labute approximate surface area is 143 Å². The lowest BCUT2D eigenvalue weighted by Crippen LogP contribution is -2.26. The third-order valence-corrected chi connectivity index (χ3v) is 3.27. The van der Waals surface area contributed by atoms with Crippen molar-refractivity contribution in [3.05, 3.63) is 64.4 Å². The predicted octanol–water partition coefficient (Wildman–Crippen LogP) is 2.50. The zero-order chi connectivity index (χ0) is 18.7. The minimum absolute atomic E-state index is 0.0127. The van der Waals surface area contributed by atoms with E-state index in [2.05, 4.69) is 15.0 Å². The van der Waals surface area contributed by atoms with Crippen molar-refractivity contribution in [1.29, 1.82) is 0 Å². The van der Waals surface area contributed by atoms with Crippen molar-refractivity contribution in [3.63, 3.8) is 0 Å². The molecule has 0 aliphatic heterocycles. The Morgan fingerprint density at radius 3 is 2.46 bits per heavy atom. The Morgan fingerprint density at radius 1 is 1.08 bits per heavy atom.